The van der Waals surface area contributed by atoms with Crippen LogP contribution in [0.4, 0.5) is 34.1 Å². The summed E-state index contributed by atoms with van der Waals surface area (Å²) in [5.74, 6) is 0. The SMILES string of the molecule is O=P(c1ccccc1)(c1ccccc1)c1ccc(-n2c3ccccc3c3cc4c(ccn4-c4ccccc4)cc32)cc1.O=P(c1ccccc1)(c1ccccc1)c1cccc(-n2c3ccccc3c3cc4c(ccn4-c4ccccc4)cc32)c1.c1ccc(N2c3ccccc3N(c3ccc(-n4c5ccccc5c5cc6c(ccn6-c6ccccc6)cc54)cc3)c3ccccc32)cc1. The van der Waals surface area contributed by atoms with Gasteiger partial charge < -0.3 is 46.3 Å². The molecule has 1 aliphatic rings. The minimum Gasteiger partial charge on any atom is -0.317 e. The van der Waals surface area contributed by atoms with Crippen LogP contribution in [0.2, 0.25) is 0 Å². The van der Waals surface area contributed by atoms with Gasteiger partial charge in [-0.2, -0.15) is 0 Å². The largest absolute Gasteiger partial charge is 0.317 e. The third-order valence-electron chi connectivity index (χ3n) is 26.1. The van der Waals surface area contributed by atoms with Crippen LogP contribution in [-0.2, 0) is 9.13 Å². The van der Waals surface area contributed by atoms with Crippen LogP contribution in [0.1, 0.15) is 0 Å². The Balaban J connectivity index is 0.000000110. The molecule has 0 unspecified atom stereocenters. The van der Waals surface area contributed by atoms with Gasteiger partial charge in [-0.25, -0.2) is 0 Å². The van der Waals surface area contributed by atoms with Crippen LogP contribution in [0.5, 0.6) is 0 Å². The second kappa shape index (κ2) is 32.8. The molecule has 0 saturated heterocycles. The molecule has 19 aromatic carbocycles. The average Bonchev–Trinajstić information content (AvgIpc) is 1.62. The van der Waals surface area contributed by atoms with Gasteiger partial charge in [0.2, 0.25) is 0 Å². The first-order valence-electron chi connectivity index (χ1n) is 44.6. The Morgan fingerprint density at radius 2 is 0.394 bits per heavy atom. The molecule has 25 aromatic rings. The maximum absolute atomic E-state index is 15.2. The molecular weight excluding hydrogens is 1650 g/mol. The molecule has 0 aliphatic carbocycles. The monoisotopic (exact) mass is 1730 g/mol. The van der Waals surface area contributed by atoms with E-state index in [1.807, 2.05) is 158 Å². The molecule has 132 heavy (non-hydrogen) atoms. The quantitative estimate of drug-likeness (QED) is 0.102. The van der Waals surface area contributed by atoms with Crippen LogP contribution in [0.3, 0.4) is 0 Å². The van der Waals surface area contributed by atoms with Gasteiger partial charge in [-0.05, 0) is 206 Å². The summed E-state index contributed by atoms with van der Waals surface area (Å²) in [6, 6.07) is 171. The maximum atomic E-state index is 15.2. The van der Waals surface area contributed by atoms with E-state index in [2.05, 4.69) is 389 Å². The summed E-state index contributed by atoms with van der Waals surface area (Å²) in [7, 11) is -6.15. The van der Waals surface area contributed by atoms with Gasteiger partial charge >= 0.3 is 0 Å². The van der Waals surface area contributed by atoms with Gasteiger partial charge in [0.1, 0.15) is 0 Å². The molecule has 10 nitrogen and oxygen atoms in total. The van der Waals surface area contributed by atoms with Crippen molar-refractivity contribution in [1.29, 1.82) is 0 Å². The van der Waals surface area contributed by atoms with Crippen molar-refractivity contribution in [3.8, 4) is 34.1 Å². The van der Waals surface area contributed by atoms with Crippen LogP contribution in [0.25, 0.3) is 132 Å². The number of aromatic nitrogens is 6. The summed E-state index contributed by atoms with van der Waals surface area (Å²) in [5.41, 5.74) is 24.0. The van der Waals surface area contributed by atoms with Crippen LogP contribution in [0.15, 0.2) is 510 Å². The number of hydrogen-bond acceptors (Lipinski definition) is 4. The first-order valence-corrected chi connectivity index (χ1v) is 48.1. The van der Waals surface area contributed by atoms with E-state index in [1.54, 1.807) is 0 Å². The Hall–Kier alpha value is -16.7. The topological polar surface area (TPSA) is 70.2 Å². The van der Waals surface area contributed by atoms with Gasteiger partial charge in [0.15, 0.2) is 14.3 Å². The molecule has 0 saturated carbocycles. The zero-order valence-corrected chi connectivity index (χ0v) is 73.6. The molecular formula is C120H84N8O2P2. The molecule has 12 heteroatoms. The molecule has 0 spiro atoms. The van der Waals surface area contributed by atoms with Gasteiger partial charge in [-0.15, -0.1) is 0 Å². The number of benzene rings is 19. The van der Waals surface area contributed by atoms with E-state index in [9.17, 15) is 4.57 Å². The fraction of sp³-hybridized carbons (Fsp3) is 0. The Morgan fingerprint density at radius 1 is 0.152 bits per heavy atom. The Bertz CT molecular complexity index is 8620. The zero-order chi connectivity index (χ0) is 87.8. The summed E-state index contributed by atoms with van der Waals surface area (Å²) in [4.78, 5) is 4.75. The van der Waals surface area contributed by atoms with Crippen molar-refractivity contribution in [2.75, 3.05) is 9.80 Å². The number of rotatable bonds is 14. The summed E-state index contributed by atoms with van der Waals surface area (Å²) in [6.45, 7) is 0. The number of para-hydroxylation sites is 11. The number of hydrogen-bond donors (Lipinski definition) is 0. The Labute approximate surface area is 763 Å². The highest BCUT2D eigenvalue weighted by Crippen LogP contribution is 2.55. The van der Waals surface area contributed by atoms with E-state index in [4.69, 9.17) is 0 Å². The second-order valence-electron chi connectivity index (χ2n) is 33.5. The Morgan fingerprint density at radius 3 is 0.735 bits per heavy atom. The van der Waals surface area contributed by atoms with Crippen molar-refractivity contribution in [3.63, 3.8) is 0 Å². The predicted octanol–water partition coefficient (Wildman–Crippen LogP) is 28.7. The van der Waals surface area contributed by atoms with Gasteiger partial charge in [0.25, 0.3) is 0 Å². The highest BCUT2D eigenvalue weighted by molar-refractivity contribution is 7.85. The van der Waals surface area contributed by atoms with Crippen molar-refractivity contribution in [1.82, 2.24) is 27.4 Å². The van der Waals surface area contributed by atoms with Crippen LogP contribution < -0.4 is 41.6 Å². The second-order valence-corrected chi connectivity index (χ2v) is 39.0. The van der Waals surface area contributed by atoms with Gasteiger partial charge in [-0.3, -0.25) is 0 Å². The smallest absolute Gasteiger partial charge is 0.171 e. The lowest BCUT2D eigenvalue weighted by Crippen LogP contribution is -2.25. The van der Waals surface area contributed by atoms with Gasteiger partial charge in [0, 0.05) is 144 Å². The van der Waals surface area contributed by atoms with E-state index in [-0.39, 0.29) is 0 Å². The predicted molar refractivity (Wildman–Crippen MR) is 555 cm³/mol. The molecule has 0 amide bonds. The average molecular weight is 1730 g/mol. The summed E-state index contributed by atoms with van der Waals surface area (Å²) in [5, 5.41) is 15.9. The maximum Gasteiger partial charge on any atom is 0.171 e. The summed E-state index contributed by atoms with van der Waals surface area (Å²) in [6.07, 6.45) is 6.46. The molecule has 0 bridgehead atoms. The van der Waals surface area contributed by atoms with Crippen molar-refractivity contribution in [2.45, 2.75) is 0 Å². The highest BCUT2D eigenvalue weighted by atomic mass is 31.2. The van der Waals surface area contributed by atoms with E-state index < -0.39 is 14.3 Å². The van der Waals surface area contributed by atoms with E-state index >= 15 is 4.57 Å². The molecule has 1 aliphatic heterocycles. The molecule has 0 N–H and O–H groups in total. The van der Waals surface area contributed by atoms with Crippen molar-refractivity contribution < 1.29 is 9.13 Å². The zero-order valence-electron chi connectivity index (χ0n) is 71.8. The molecule has 0 fully saturated rings. The first-order chi connectivity index (χ1) is 65.3. The number of fused-ring (bicyclic) bond motifs is 14. The van der Waals surface area contributed by atoms with E-state index in [0.29, 0.717) is 0 Å². The fourth-order valence-electron chi connectivity index (χ4n) is 20.0. The summed E-state index contributed by atoms with van der Waals surface area (Å²) >= 11 is 0. The van der Waals surface area contributed by atoms with Crippen molar-refractivity contribution in [3.05, 3.63) is 510 Å². The highest BCUT2D eigenvalue weighted by Gasteiger charge is 2.34. The fourth-order valence-corrected chi connectivity index (χ4v) is 25.3. The van der Waals surface area contributed by atoms with Crippen LogP contribution in [0, 0.1) is 0 Å². The van der Waals surface area contributed by atoms with Gasteiger partial charge in [-0.1, -0.05) is 285 Å². The Kier molecular flexibility index (Phi) is 19.6. The first kappa shape index (κ1) is 78.7. The van der Waals surface area contributed by atoms with Crippen LogP contribution >= 0.6 is 14.3 Å². The number of anilines is 6. The van der Waals surface area contributed by atoms with Crippen molar-refractivity contribution in [2.24, 2.45) is 0 Å². The van der Waals surface area contributed by atoms with Crippen LogP contribution in [-0.4, -0.2) is 27.4 Å². The van der Waals surface area contributed by atoms with E-state index in [1.165, 1.54) is 81.7 Å². The lowest BCUT2D eigenvalue weighted by molar-refractivity contribution is 0.591. The van der Waals surface area contributed by atoms with Gasteiger partial charge in [0.05, 0.1) is 72.4 Å². The van der Waals surface area contributed by atoms with E-state index in [0.717, 1.165) is 116 Å². The molecule has 7 heterocycles. The third kappa shape index (κ3) is 13.3. The minimum absolute atomic E-state index is 0.819. The minimum atomic E-state index is -3.11. The standard InChI is InChI=1S/C44H30N4.2C38H27N2OP/c1-3-13-32(14-4-1)45-28-27-31-29-44-37(30-43(31)45)36-17-7-8-18-38(36)46(44)34-23-25-35(26-24-34)48-41-21-11-9-19-39(41)47(33-15-5-2-6-16-33)40-20-10-12-22-42(40)48;41-42(31-16-6-2-7-17-31,32-18-8-3-9-19-32)33-20-12-15-30(26-33)40-36-22-11-10-21-34(36)35-27-37-28(25-38(35)40)23-24-39(37)29-13-4-1-5-14-29;41-42(31-14-6-2-7-15-31,32-16-8-3-9-17-32)33-22-20-30(21-23-33)40-36-19-11-10-18-34(36)35-27-37-28(26-38(35)40)24-25-39(37)29-12-4-1-5-13-29/h1-30H;2*1-27H. The lowest BCUT2D eigenvalue weighted by atomic mass is 10.0. The molecule has 0 radical (unpaired) electrons. The third-order valence-corrected chi connectivity index (χ3v) is 32.2. The summed E-state index contributed by atoms with van der Waals surface area (Å²) < 4.78 is 43.9. The molecule has 0 atom stereocenters. The van der Waals surface area contributed by atoms with Crippen molar-refractivity contribution >= 4 is 178 Å². The lowest BCUT2D eigenvalue weighted by Gasteiger charge is -2.40. The molecule has 26 rings (SSSR count). The molecule has 6 aromatic heterocycles. The molecule has 626 valence electrons. The normalized spacial score (nSPS) is 12.1. The number of nitrogens with zero attached hydrogens (tertiary/aromatic N) is 8.